The Labute approximate surface area is 240 Å². The standard InChI is InChI=1S/C29H35FN4O6S/c1-17(2)14-23(36)29(4,5)34-25(37)24-18(3)26(33-11-7-10-31-33)41-27(24)32(28(34)38)16-22(40-13-12-35)20-15-19(30)8-9-21(20)39-6/h7-11,15,17,22,35H,12-14,16H2,1-6H3/t22-/m0/s1. The molecular weight excluding hydrogens is 551 g/mol. The predicted octanol–water partition coefficient (Wildman–Crippen LogP) is 3.97. The van der Waals surface area contributed by atoms with E-state index in [-0.39, 0.29) is 43.3 Å². The summed E-state index contributed by atoms with van der Waals surface area (Å²) in [6.45, 7) is 8.15. The van der Waals surface area contributed by atoms with Crippen molar-refractivity contribution in [3.8, 4) is 10.8 Å². The lowest BCUT2D eigenvalue weighted by Gasteiger charge is -2.28. The first-order valence-corrected chi connectivity index (χ1v) is 14.1. The van der Waals surface area contributed by atoms with Crippen LogP contribution in [0.15, 0.2) is 46.2 Å². The van der Waals surface area contributed by atoms with Crippen LogP contribution in [0, 0.1) is 18.7 Å². The highest BCUT2D eigenvalue weighted by molar-refractivity contribution is 7.21. The Kier molecular flexibility index (Phi) is 8.95. The van der Waals surface area contributed by atoms with E-state index in [1.807, 2.05) is 13.8 Å². The molecule has 1 aromatic carbocycles. The highest BCUT2D eigenvalue weighted by atomic mass is 32.1. The molecule has 0 spiro atoms. The molecule has 220 valence electrons. The Morgan fingerprint density at radius 3 is 2.59 bits per heavy atom. The van der Waals surface area contributed by atoms with Crippen molar-refractivity contribution in [2.24, 2.45) is 5.92 Å². The van der Waals surface area contributed by atoms with E-state index < -0.39 is 28.7 Å². The van der Waals surface area contributed by atoms with Crippen molar-refractivity contribution >= 4 is 27.3 Å². The first kappa shape index (κ1) is 30.4. The number of aryl methyl sites for hydroxylation is 1. The molecule has 4 aromatic rings. The van der Waals surface area contributed by atoms with E-state index in [4.69, 9.17) is 9.47 Å². The van der Waals surface area contributed by atoms with Crippen LogP contribution < -0.4 is 16.0 Å². The van der Waals surface area contributed by atoms with Gasteiger partial charge < -0.3 is 14.6 Å². The van der Waals surface area contributed by atoms with Gasteiger partial charge in [0.25, 0.3) is 5.56 Å². The number of rotatable bonds is 12. The minimum Gasteiger partial charge on any atom is -0.496 e. The number of ketones is 1. The number of nitrogens with zero attached hydrogens (tertiary/aromatic N) is 4. The summed E-state index contributed by atoms with van der Waals surface area (Å²) in [7, 11) is 1.44. The second kappa shape index (κ2) is 12.1. The van der Waals surface area contributed by atoms with E-state index >= 15 is 0 Å². The average Bonchev–Trinajstić information content (AvgIpc) is 3.56. The second-order valence-corrected chi connectivity index (χ2v) is 11.7. The summed E-state index contributed by atoms with van der Waals surface area (Å²) in [4.78, 5) is 42.1. The number of halogens is 1. The smallest absolute Gasteiger partial charge is 0.333 e. The minimum atomic E-state index is -1.45. The maximum absolute atomic E-state index is 14.4. The van der Waals surface area contributed by atoms with Crippen LogP contribution in [0.4, 0.5) is 4.39 Å². The van der Waals surface area contributed by atoms with Gasteiger partial charge in [-0.15, -0.1) is 0 Å². The van der Waals surface area contributed by atoms with Crippen LogP contribution in [0.5, 0.6) is 5.75 Å². The van der Waals surface area contributed by atoms with Crippen LogP contribution in [0.25, 0.3) is 15.2 Å². The number of methoxy groups -OCH3 is 1. The number of fused-ring (bicyclic) bond motifs is 1. The van der Waals surface area contributed by atoms with Gasteiger partial charge in [-0.3, -0.25) is 14.2 Å². The quantitative estimate of drug-likeness (QED) is 0.267. The molecule has 0 aliphatic rings. The third-order valence-corrected chi connectivity index (χ3v) is 8.34. The van der Waals surface area contributed by atoms with E-state index in [9.17, 15) is 23.9 Å². The molecule has 0 saturated carbocycles. The van der Waals surface area contributed by atoms with Crippen LogP contribution in [0.2, 0.25) is 0 Å². The van der Waals surface area contributed by atoms with Gasteiger partial charge in [0.2, 0.25) is 0 Å². The zero-order valence-electron chi connectivity index (χ0n) is 24.0. The van der Waals surface area contributed by atoms with E-state index in [1.54, 1.807) is 43.9 Å². The number of hydrogen-bond donors (Lipinski definition) is 1. The van der Waals surface area contributed by atoms with Crippen LogP contribution in [-0.4, -0.2) is 50.1 Å². The maximum atomic E-state index is 14.4. The second-order valence-electron chi connectivity index (χ2n) is 10.7. The number of benzene rings is 1. The van der Waals surface area contributed by atoms with Gasteiger partial charge in [-0.1, -0.05) is 25.2 Å². The van der Waals surface area contributed by atoms with Crippen LogP contribution >= 0.6 is 11.3 Å². The number of Topliss-reactive ketones (excluding diaryl/α,β-unsaturated/α-hetero) is 1. The number of hydrogen-bond acceptors (Lipinski definition) is 8. The summed E-state index contributed by atoms with van der Waals surface area (Å²) in [5.74, 6) is -0.430. The number of aliphatic hydroxyl groups is 1. The molecule has 3 heterocycles. The Bertz CT molecular complexity index is 1670. The first-order chi connectivity index (χ1) is 19.4. The Morgan fingerprint density at radius 2 is 1.98 bits per heavy atom. The molecule has 41 heavy (non-hydrogen) atoms. The van der Waals surface area contributed by atoms with Crippen molar-refractivity contribution in [2.45, 2.75) is 59.2 Å². The molecule has 0 aliphatic heterocycles. The number of carbonyl (C=O) groups is 1. The first-order valence-electron chi connectivity index (χ1n) is 13.3. The molecule has 1 atom stereocenters. The topological polar surface area (TPSA) is 118 Å². The number of ether oxygens (including phenoxy) is 2. The lowest BCUT2D eigenvalue weighted by atomic mass is 9.91. The molecule has 0 unspecified atom stereocenters. The predicted molar refractivity (Wildman–Crippen MR) is 155 cm³/mol. The summed E-state index contributed by atoms with van der Waals surface area (Å²) in [6.07, 6.45) is 2.59. The fourth-order valence-corrected chi connectivity index (χ4v) is 6.14. The Morgan fingerprint density at radius 1 is 1.24 bits per heavy atom. The van der Waals surface area contributed by atoms with Gasteiger partial charge in [0.15, 0.2) is 5.78 Å². The normalized spacial score (nSPS) is 12.8. The van der Waals surface area contributed by atoms with Crippen molar-refractivity contribution in [1.82, 2.24) is 18.9 Å². The van der Waals surface area contributed by atoms with E-state index in [2.05, 4.69) is 5.10 Å². The van der Waals surface area contributed by atoms with Crippen LogP contribution in [0.3, 0.4) is 0 Å². The zero-order chi connectivity index (χ0) is 30.1. The van der Waals surface area contributed by atoms with Gasteiger partial charge in [0, 0.05) is 29.9 Å². The highest BCUT2D eigenvalue weighted by Crippen LogP contribution is 2.34. The molecular formula is C29H35FN4O6S. The van der Waals surface area contributed by atoms with E-state index in [0.29, 0.717) is 26.7 Å². The molecule has 0 bridgehead atoms. The van der Waals surface area contributed by atoms with Gasteiger partial charge in [-0.2, -0.15) is 5.10 Å². The van der Waals surface area contributed by atoms with Gasteiger partial charge in [-0.25, -0.2) is 18.4 Å². The highest BCUT2D eigenvalue weighted by Gasteiger charge is 2.36. The van der Waals surface area contributed by atoms with E-state index in [0.717, 1.165) is 4.57 Å². The van der Waals surface area contributed by atoms with Crippen LogP contribution in [0.1, 0.15) is 51.3 Å². The fourth-order valence-electron chi connectivity index (χ4n) is 4.90. The molecule has 0 fully saturated rings. The molecule has 4 rings (SSSR count). The largest absolute Gasteiger partial charge is 0.496 e. The number of aliphatic hydroxyl groups excluding tert-OH is 1. The maximum Gasteiger partial charge on any atom is 0.333 e. The van der Waals surface area contributed by atoms with Gasteiger partial charge in [0.05, 0.1) is 32.3 Å². The molecule has 0 aliphatic carbocycles. The molecule has 10 nitrogen and oxygen atoms in total. The van der Waals surface area contributed by atoms with Crippen molar-refractivity contribution in [3.05, 3.63) is 74.4 Å². The summed E-state index contributed by atoms with van der Waals surface area (Å²) in [5, 5.41) is 14.7. The molecule has 12 heteroatoms. The van der Waals surface area contributed by atoms with E-state index in [1.165, 1.54) is 41.2 Å². The molecule has 0 saturated heterocycles. The van der Waals surface area contributed by atoms with Crippen molar-refractivity contribution < 1.29 is 23.8 Å². The van der Waals surface area contributed by atoms with Crippen molar-refractivity contribution in [2.75, 3.05) is 20.3 Å². The SMILES string of the molecule is COc1ccc(F)cc1[C@H](Cn1c(=O)n(C(C)(C)C(=O)CC(C)C)c(=O)c2c(C)c(-n3cccn3)sc21)OCCO. The zero-order valence-corrected chi connectivity index (χ0v) is 24.8. The molecule has 0 amide bonds. The minimum absolute atomic E-state index is 0.0226. The third-order valence-electron chi connectivity index (χ3n) is 7.03. The lowest BCUT2D eigenvalue weighted by Crippen LogP contribution is -2.53. The average molecular weight is 587 g/mol. The number of carbonyl (C=O) groups excluding carboxylic acids is 1. The van der Waals surface area contributed by atoms with Crippen molar-refractivity contribution in [3.63, 3.8) is 0 Å². The van der Waals surface area contributed by atoms with Crippen LogP contribution in [-0.2, 0) is 21.6 Å². The molecule has 0 radical (unpaired) electrons. The lowest BCUT2D eigenvalue weighted by molar-refractivity contribution is -0.127. The number of aromatic nitrogens is 4. The Hall–Kier alpha value is -3.61. The van der Waals surface area contributed by atoms with Gasteiger partial charge >= 0.3 is 5.69 Å². The van der Waals surface area contributed by atoms with Crippen molar-refractivity contribution in [1.29, 1.82) is 0 Å². The monoisotopic (exact) mass is 586 g/mol. The summed E-state index contributed by atoms with van der Waals surface area (Å²) < 4.78 is 29.8. The third kappa shape index (κ3) is 5.77. The summed E-state index contributed by atoms with van der Waals surface area (Å²) in [5.41, 5.74) is -1.80. The summed E-state index contributed by atoms with van der Waals surface area (Å²) >= 11 is 1.20. The number of thiophene rings is 1. The fraction of sp³-hybridized carbons (Fsp3) is 0.448. The molecule has 3 aromatic heterocycles. The molecule has 1 N–H and O–H groups in total. The summed E-state index contributed by atoms with van der Waals surface area (Å²) in [6, 6.07) is 5.71. The Balaban J connectivity index is 2.03. The van der Waals surface area contributed by atoms with Gasteiger partial charge in [0.1, 0.15) is 33.0 Å². The van der Waals surface area contributed by atoms with Gasteiger partial charge in [-0.05, 0) is 51.0 Å².